The van der Waals surface area contributed by atoms with Crippen LogP contribution in [0, 0.1) is 0 Å². The van der Waals surface area contributed by atoms with Crippen LogP contribution in [0.2, 0.25) is 0 Å². The maximum absolute atomic E-state index is 10.5. The summed E-state index contributed by atoms with van der Waals surface area (Å²) in [5, 5.41) is 8.62. The van der Waals surface area contributed by atoms with E-state index in [-0.39, 0.29) is 12.2 Å². The van der Waals surface area contributed by atoms with Gasteiger partial charge in [-0.3, -0.25) is 4.90 Å². The van der Waals surface area contributed by atoms with E-state index in [0.717, 1.165) is 25.9 Å². The fourth-order valence-corrected chi connectivity index (χ4v) is 3.06. The van der Waals surface area contributed by atoms with E-state index in [2.05, 4.69) is 4.90 Å². The van der Waals surface area contributed by atoms with Gasteiger partial charge in [-0.25, -0.2) is 4.79 Å². The number of likely N-dealkylation sites (tertiary alicyclic amines) is 1. The molecule has 18 heavy (non-hydrogen) atoms. The summed E-state index contributed by atoms with van der Waals surface area (Å²) in [4.78, 5) is 12.9. The number of aliphatic carboxylic acids is 1. The Labute approximate surface area is 108 Å². The summed E-state index contributed by atoms with van der Waals surface area (Å²) < 4.78 is 10.9. The third-order valence-electron chi connectivity index (χ3n) is 4.07. The Morgan fingerprint density at radius 1 is 1.44 bits per heavy atom. The number of carbonyl (C=O) groups is 1. The van der Waals surface area contributed by atoms with Crippen molar-refractivity contribution >= 4 is 5.97 Å². The topological polar surface area (TPSA) is 59.0 Å². The van der Waals surface area contributed by atoms with E-state index in [9.17, 15) is 4.79 Å². The number of hydrogen-bond donors (Lipinski definition) is 1. The monoisotopic (exact) mass is 257 g/mol. The molecule has 1 saturated carbocycles. The van der Waals surface area contributed by atoms with Crippen LogP contribution in [0.25, 0.3) is 0 Å². The van der Waals surface area contributed by atoms with Gasteiger partial charge >= 0.3 is 5.97 Å². The minimum Gasteiger partial charge on any atom is -0.480 e. The highest BCUT2D eigenvalue weighted by Gasteiger charge is 2.44. The van der Waals surface area contributed by atoms with E-state index in [4.69, 9.17) is 14.6 Å². The van der Waals surface area contributed by atoms with Gasteiger partial charge in [0, 0.05) is 26.2 Å². The highest BCUT2D eigenvalue weighted by Crippen LogP contribution is 2.33. The lowest BCUT2D eigenvalue weighted by Crippen LogP contribution is -2.65. The van der Waals surface area contributed by atoms with Crippen molar-refractivity contribution in [1.29, 1.82) is 0 Å². The number of ether oxygens (including phenoxy) is 2. The highest BCUT2D eigenvalue weighted by molar-refractivity contribution is 5.68. The van der Waals surface area contributed by atoms with Gasteiger partial charge in [-0.1, -0.05) is 0 Å². The first kappa shape index (κ1) is 13.8. The average molecular weight is 257 g/mol. The molecule has 2 fully saturated rings. The van der Waals surface area contributed by atoms with Crippen LogP contribution in [0.3, 0.4) is 0 Å². The third-order valence-corrected chi connectivity index (χ3v) is 4.07. The van der Waals surface area contributed by atoms with Crippen LogP contribution >= 0.6 is 0 Å². The van der Waals surface area contributed by atoms with Crippen molar-refractivity contribution in [2.45, 2.75) is 50.4 Å². The lowest BCUT2D eigenvalue weighted by molar-refractivity contribution is -0.172. The maximum atomic E-state index is 10.5. The van der Waals surface area contributed by atoms with Crippen molar-refractivity contribution in [2.75, 3.05) is 26.8 Å². The van der Waals surface area contributed by atoms with Crippen LogP contribution in [0.1, 0.15) is 32.6 Å². The Morgan fingerprint density at radius 2 is 2.17 bits per heavy atom. The van der Waals surface area contributed by atoms with Gasteiger partial charge in [-0.15, -0.1) is 0 Å². The first-order chi connectivity index (χ1) is 8.52. The summed E-state index contributed by atoms with van der Waals surface area (Å²) in [5.41, 5.74) is -0.279. The molecule has 5 nitrogen and oxygen atoms in total. The molecule has 1 aliphatic heterocycles. The molecular weight excluding hydrogens is 234 g/mol. The number of rotatable bonds is 5. The molecule has 0 spiro atoms. The fourth-order valence-electron chi connectivity index (χ4n) is 3.06. The Kier molecular flexibility index (Phi) is 4.25. The number of methoxy groups -OCH3 is 1. The molecule has 0 aromatic carbocycles. The van der Waals surface area contributed by atoms with Crippen LogP contribution < -0.4 is 0 Å². The highest BCUT2D eigenvalue weighted by atomic mass is 16.5. The zero-order chi connectivity index (χ0) is 13.2. The zero-order valence-electron chi connectivity index (χ0n) is 11.2. The largest absolute Gasteiger partial charge is 0.480 e. The molecule has 1 saturated heterocycles. The summed E-state index contributed by atoms with van der Waals surface area (Å²) in [6, 6.07) is 0.574. The van der Waals surface area contributed by atoms with Crippen LogP contribution in [-0.2, 0) is 14.3 Å². The van der Waals surface area contributed by atoms with Gasteiger partial charge in [0.15, 0.2) is 0 Å². The molecule has 2 rings (SSSR count). The molecule has 0 aromatic rings. The summed E-state index contributed by atoms with van der Waals surface area (Å²) in [6.07, 6.45) is 5.07. The van der Waals surface area contributed by atoms with E-state index in [0.29, 0.717) is 12.1 Å². The fraction of sp³-hybridized carbons (Fsp3) is 0.923. The summed E-state index contributed by atoms with van der Waals surface area (Å²) in [7, 11) is 1.78. The van der Waals surface area contributed by atoms with Crippen LogP contribution in [0.15, 0.2) is 0 Å². The van der Waals surface area contributed by atoms with E-state index >= 15 is 0 Å². The van der Waals surface area contributed by atoms with Gasteiger partial charge in [0.1, 0.15) is 6.61 Å². The first-order valence-electron chi connectivity index (χ1n) is 6.65. The molecule has 1 heterocycles. The van der Waals surface area contributed by atoms with Crippen LogP contribution in [-0.4, -0.2) is 60.5 Å². The molecule has 0 radical (unpaired) electrons. The Balaban J connectivity index is 1.75. The minimum atomic E-state index is -0.896. The Hall–Kier alpha value is -0.650. The standard InChI is InChI=1S/C13H23NO4/c1-13(18-7-12(15)16)8-14(9-13)10-4-3-5-11(6-10)17-2/h10-11H,3-9H2,1-2H3,(H,15,16). The van der Waals surface area contributed by atoms with Gasteiger partial charge in [0.25, 0.3) is 0 Å². The van der Waals surface area contributed by atoms with E-state index in [1.165, 1.54) is 12.8 Å². The SMILES string of the molecule is COC1CCCC(N2CC(C)(OCC(=O)O)C2)C1. The second kappa shape index (κ2) is 5.55. The van der Waals surface area contributed by atoms with Crippen LogP contribution in [0.4, 0.5) is 0 Å². The molecule has 2 atom stereocenters. The quantitative estimate of drug-likeness (QED) is 0.799. The van der Waals surface area contributed by atoms with Crippen LogP contribution in [0.5, 0.6) is 0 Å². The second-order valence-corrected chi connectivity index (χ2v) is 5.72. The summed E-state index contributed by atoms with van der Waals surface area (Å²) in [6.45, 7) is 3.46. The summed E-state index contributed by atoms with van der Waals surface area (Å²) >= 11 is 0. The predicted molar refractivity (Wildman–Crippen MR) is 66.6 cm³/mol. The second-order valence-electron chi connectivity index (χ2n) is 5.72. The van der Waals surface area contributed by atoms with E-state index in [1.54, 1.807) is 7.11 Å². The molecule has 2 unspecified atom stereocenters. The van der Waals surface area contributed by atoms with Crippen molar-refractivity contribution < 1.29 is 19.4 Å². The van der Waals surface area contributed by atoms with Crippen molar-refractivity contribution in [3.8, 4) is 0 Å². The molecule has 0 amide bonds. The number of hydrogen-bond acceptors (Lipinski definition) is 4. The molecule has 1 aliphatic carbocycles. The lowest BCUT2D eigenvalue weighted by atomic mass is 9.86. The van der Waals surface area contributed by atoms with Gasteiger partial charge < -0.3 is 14.6 Å². The summed E-state index contributed by atoms with van der Waals surface area (Å²) in [5.74, 6) is -0.896. The molecule has 1 N–H and O–H groups in total. The average Bonchev–Trinajstić information content (AvgIpc) is 2.33. The van der Waals surface area contributed by atoms with Gasteiger partial charge in [0.2, 0.25) is 0 Å². The van der Waals surface area contributed by atoms with Gasteiger partial charge in [-0.2, -0.15) is 0 Å². The molecule has 5 heteroatoms. The zero-order valence-corrected chi connectivity index (χ0v) is 11.2. The molecule has 104 valence electrons. The molecular formula is C13H23NO4. The predicted octanol–water partition coefficient (Wildman–Crippen LogP) is 1.12. The number of nitrogens with zero attached hydrogens (tertiary/aromatic N) is 1. The number of carboxylic acid groups (broad SMARTS) is 1. The molecule has 0 bridgehead atoms. The van der Waals surface area contributed by atoms with E-state index < -0.39 is 5.97 Å². The normalized spacial score (nSPS) is 31.9. The molecule has 0 aromatic heterocycles. The van der Waals surface area contributed by atoms with Crippen molar-refractivity contribution in [1.82, 2.24) is 4.90 Å². The van der Waals surface area contributed by atoms with Gasteiger partial charge in [0.05, 0.1) is 11.7 Å². The Bertz CT molecular complexity index is 301. The first-order valence-corrected chi connectivity index (χ1v) is 6.65. The van der Waals surface area contributed by atoms with E-state index in [1.807, 2.05) is 6.92 Å². The lowest BCUT2D eigenvalue weighted by Gasteiger charge is -2.52. The van der Waals surface area contributed by atoms with Crippen molar-refractivity contribution in [3.05, 3.63) is 0 Å². The third kappa shape index (κ3) is 3.22. The smallest absolute Gasteiger partial charge is 0.329 e. The molecule has 2 aliphatic rings. The van der Waals surface area contributed by atoms with Gasteiger partial charge in [-0.05, 0) is 32.6 Å². The minimum absolute atomic E-state index is 0.199. The Morgan fingerprint density at radius 3 is 2.78 bits per heavy atom. The van der Waals surface area contributed by atoms with Crippen molar-refractivity contribution in [2.24, 2.45) is 0 Å². The van der Waals surface area contributed by atoms with Crippen molar-refractivity contribution in [3.63, 3.8) is 0 Å². The number of carboxylic acids is 1. The maximum Gasteiger partial charge on any atom is 0.329 e.